The molecule has 0 saturated carbocycles. The summed E-state index contributed by atoms with van der Waals surface area (Å²) in [6.07, 6.45) is 2.72. The first-order valence-electron chi connectivity index (χ1n) is 5.40. The Hall–Kier alpha value is -0.0400. The summed E-state index contributed by atoms with van der Waals surface area (Å²) in [5, 5.41) is 9.41. The van der Waals surface area contributed by atoms with Crippen LogP contribution in [-0.2, 0) is 4.74 Å². The lowest BCUT2D eigenvalue weighted by molar-refractivity contribution is 0.0543. The van der Waals surface area contributed by atoms with Crippen LogP contribution in [0.3, 0.4) is 0 Å². The van der Waals surface area contributed by atoms with Crippen LogP contribution >= 0.6 is 22.6 Å². The highest BCUT2D eigenvalue weighted by Crippen LogP contribution is 2.23. The molecule has 0 spiro atoms. The van der Waals surface area contributed by atoms with Crippen molar-refractivity contribution in [2.24, 2.45) is 0 Å². The number of ether oxygens (including phenoxy) is 1. The molecular weight excluding hydrogens is 309 g/mol. The van der Waals surface area contributed by atoms with E-state index in [2.05, 4.69) is 29.5 Å². The summed E-state index contributed by atoms with van der Waals surface area (Å²) < 4.78 is 5.18. The second kappa shape index (κ2) is 6.52. The highest BCUT2D eigenvalue weighted by Gasteiger charge is 2.29. The van der Waals surface area contributed by atoms with Crippen LogP contribution in [-0.4, -0.2) is 39.4 Å². The molecule has 0 aromatic heterocycles. The molecule has 4 nitrogen and oxygen atoms in total. The molecule has 1 N–H and O–H groups in total. The second-order valence-corrected chi connectivity index (χ2v) is 5.21. The van der Waals surface area contributed by atoms with Crippen molar-refractivity contribution in [3.05, 3.63) is 0 Å². The third-order valence-electron chi connectivity index (χ3n) is 2.47. The predicted molar refractivity (Wildman–Crippen MR) is 66.0 cm³/mol. The topological polar surface area (TPSA) is 49.8 Å². The third kappa shape index (κ3) is 4.14. The van der Waals surface area contributed by atoms with Gasteiger partial charge in [-0.05, 0) is 12.8 Å². The molecule has 0 aliphatic carbocycles. The number of nitrogens with zero attached hydrogens (tertiary/aromatic N) is 1. The smallest absolute Gasteiger partial charge is 0.410 e. The number of halogens is 1. The van der Waals surface area contributed by atoms with E-state index in [1.54, 1.807) is 4.90 Å². The largest absolute Gasteiger partial charge is 0.449 e. The summed E-state index contributed by atoms with van der Waals surface area (Å²) in [6.45, 7) is 3.16. The van der Waals surface area contributed by atoms with E-state index in [1.165, 1.54) is 0 Å². The van der Waals surface area contributed by atoms with E-state index in [4.69, 9.17) is 4.74 Å². The summed E-state index contributed by atoms with van der Waals surface area (Å²) >= 11 is 2.18. The average Bonchev–Trinajstić information content (AvgIpc) is 2.17. The van der Waals surface area contributed by atoms with Crippen molar-refractivity contribution in [2.45, 2.75) is 42.8 Å². The highest BCUT2D eigenvalue weighted by atomic mass is 127. The van der Waals surface area contributed by atoms with Gasteiger partial charge in [0.15, 0.2) is 0 Å². The first kappa shape index (κ1) is 13.0. The van der Waals surface area contributed by atoms with Crippen LogP contribution in [0.15, 0.2) is 0 Å². The van der Waals surface area contributed by atoms with E-state index in [1.807, 2.05) is 0 Å². The molecular formula is C10H18INO3. The molecule has 2 unspecified atom stereocenters. The SMILES string of the molecule is CCCCOC(=O)N1CCC(O)CC1I. The number of aliphatic hydroxyl groups excluding tert-OH is 1. The van der Waals surface area contributed by atoms with Crippen LogP contribution in [0, 0.1) is 0 Å². The van der Waals surface area contributed by atoms with Gasteiger partial charge in [0.1, 0.15) is 0 Å². The van der Waals surface area contributed by atoms with E-state index >= 15 is 0 Å². The molecule has 2 atom stereocenters. The van der Waals surface area contributed by atoms with Crippen LogP contribution < -0.4 is 0 Å². The Labute approximate surface area is 104 Å². The Balaban J connectivity index is 2.32. The summed E-state index contributed by atoms with van der Waals surface area (Å²) in [4.78, 5) is 13.3. The van der Waals surface area contributed by atoms with Crippen LogP contribution in [0.5, 0.6) is 0 Å². The molecule has 15 heavy (non-hydrogen) atoms. The van der Waals surface area contributed by atoms with E-state index in [0.717, 1.165) is 12.8 Å². The zero-order chi connectivity index (χ0) is 11.3. The Bertz CT molecular complexity index is 213. The number of hydrogen-bond acceptors (Lipinski definition) is 3. The van der Waals surface area contributed by atoms with Crippen molar-refractivity contribution < 1.29 is 14.6 Å². The Morgan fingerprint density at radius 3 is 3.00 bits per heavy atom. The Morgan fingerprint density at radius 1 is 1.67 bits per heavy atom. The van der Waals surface area contributed by atoms with Gasteiger partial charge in [0.25, 0.3) is 0 Å². The second-order valence-electron chi connectivity index (χ2n) is 3.77. The first-order chi connectivity index (χ1) is 7.15. The average molecular weight is 327 g/mol. The lowest BCUT2D eigenvalue weighted by atomic mass is 10.1. The normalized spacial score (nSPS) is 26.5. The number of piperidine rings is 1. The van der Waals surface area contributed by atoms with Gasteiger partial charge in [0, 0.05) is 13.0 Å². The minimum absolute atomic E-state index is 0.0560. The number of carbonyl (C=O) groups excluding carboxylic acids is 1. The van der Waals surface area contributed by atoms with E-state index in [0.29, 0.717) is 26.0 Å². The molecule has 5 heteroatoms. The van der Waals surface area contributed by atoms with Gasteiger partial charge in [-0.1, -0.05) is 35.9 Å². The van der Waals surface area contributed by atoms with Crippen LogP contribution in [0.1, 0.15) is 32.6 Å². The van der Waals surface area contributed by atoms with Crippen molar-refractivity contribution in [3.8, 4) is 0 Å². The van der Waals surface area contributed by atoms with Crippen molar-refractivity contribution in [2.75, 3.05) is 13.2 Å². The fraction of sp³-hybridized carbons (Fsp3) is 0.900. The Kier molecular flexibility index (Phi) is 5.66. The van der Waals surface area contributed by atoms with Crippen molar-refractivity contribution in [3.63, 3.8) is 0 Å². The zero-order valence-electron chi connectivity index (χ0n) is 8.99. The first-order valence-corrected chi connectivity index (χ1v) is 6.65. The molecule has 0 radical (unpaired) electrons. The van der Waals surface area contributed by atoms with E-state index in [9.17, 15) is 9.90 Å². The van der Waals surface area contributed by atoms with Crippen LogP contribution in [0.2, 0.25) is 0 Å². The summed E-state index contributed by atoms with van der Waals surface area (Å²) in [5.74, 6) is 0. The van der Waals surface area contributed by atoms with Gasteiger partial charge in [0.05, 0.1) is 16.8 Å². The third-order valence-corrected chi connectivity index (χ3v) is 3.65. The number of alkyl halides is 1. The standard InChI is InChI=1S/C10H18INO3/c1-2-3-6-15-10(14)12-5-4-8(13)7-9(12)11/h8-9,13H,2-7H2,1H3. The minimum Gasteiger partial charge on any atom is -0.449 e. The van der Waals surface area contributed by atoms with Gasteiger partial charge in [-0.25, -0.2) is 4.79 Å². The van der Waals surface area contributed by atoms with Gasteiger partial charge in [-0.3, -0.25) is 4.90 Å². The summed E-state index contributed by atoms with van der Waals surface area (Å²) in [5.41, 5.74) is 0. The molecule has 1 saturated heterocycles. The van der Waals surface area contributed by atoms with Gasteiger partial charge in [-0.15, -0.1) is 0 Å². The number of likely N-dealkylation sites (tertiary alicyclic amines) is 1. The van der Waals surface area contributed by atoms with Crippen LogP contribution in [0.25, 0.3) is 0 Å². The molecule has 1 aliphatic heterocycles. The maximum Gasteiger partial charge on any atom is 0.410 e. The molecule has 1 heterocycles. The van der Waals surface area contributed by atoms with Gasteiger partial charge < -0.3 is 9.84 Å². The molecule has 0 bridgehead atoms. The molecule has 88 valence electrons. The molecule has 1 aliphatic rings. The molecule has 0 aromatic rings. The van der Waals surface area contributed by atoms with Crippen LogP contribution in [0.4, 0.5) is 4.79 Å². The summed E-state index contributed by atoms with van der Waals surface area (Å²) in [7, 11) is 0. The number of rotatable bonds is 3. The maximum absolute atomic E-state index is 11.6. The lowest BCUT2D eigenvalue weighted by Crippen LogP contribution is -2.44. The van der Waals surface area contributed by atoms with Crippen molar-refractivity contribution in [1.82, 2.24) is 4.90 Å². The fourth-order valence-corrected chi connectivity index (χ4v) is 2.58. The molecule has 1 amide bonds. The van der Waals surface area contributed by atoms with Crippen molar-refractivity contribution in [1.29, 1.82) is 0 Å². The quantitative estimate of drug-likeness (QED) is 0.374. The number of amides is 1. The fourth-order valence-electron chi connectivity index (χ4n) is 1.49. The zero-order valence-corrected chi connectivity index (χ0v) is 11.1. The monoisotopic (exact) mass is 327 g/mol. The molecule has 0 aromatic carbocycles. The maximum atomic E-state index is 11.6. The Morgan fingerprint density at radius 2 is 2.40 bits per heavy atom. The van der Waals surface area contributed by atoms with Gasteiger partial charge in [0.2, 0.25) is 0 Å². The van der Waals surface area contributed by atoms with E-state index < -0.39 is 0 Å². The highest BCUT2D eigenvalue weighted by molar-refractivity contribution is 14.1. The van der Waals surface area contributed by atoms with Gasteiger partial charge in [-0.2, -0.15) is 0 Å². The lowest BCUT2D eigenvalue weighted by Gasteiger charge is -2.33. The number of carbonyl (C=O) groups is 1. The van der Waals surface area contributed by atoms with E-state index in [-0.39, 0.29) is 16.2 Å². The number of aliphatic hydroxyl groups is 1. The summed E-state index contributed by atoms with van der Waals surface area (Å²) in [6, 6.07) is 0. The number of hydrogen-bond donors (Lipinski definition) is 1. The predicted octanol–water partition coefficient (Wildman–Crippen LogP) is 2.14. The molecule has 1 rings (SSSR count). The minimum atomic E-state index is -0.272. The van der Waals surface area contributed by atoms with Crippen molar-refractivity contribution >= 4 is 28.7 Å². The molecule has 1 fully saturated rings. The number of unbranched alkanes of at least 4 members (excludes halogenated alkanes) is 1. The van der Waals surface area contributed by atoms with Gasteiger partial charge >= 0.3 is 6.09 Å².